The van der Waals surface area contributed by atoms with Gasteiger partial charge in [-0.2, -0.15) is 0 Å². The number of amides is 4. The van der Waals surface area contributed by atoms with E-state index in [0.29, 0.717) is 12.1 Å². The maximum atomic E-state index is 14.3. The summed E-state index contributed by atoms with van der Waals surface area (Å²) >= 11 is 4.91. The van der Waals surface area contributed by atoms with Gasteiger partial charge in [0.1, 0.15) is 30.6 Å². The Bertz CT molecular complexity index is 2500. The molecule has 4 N–H and O–H groups in total. The molecule has 4 amide bonds. The summed E-state index contributed by atoms with van der Waals surface area (Å²) in [6, 6.07) is 38.8. The van der Waals surface area contributed by atoms with Gasteiger partial charge in [-0.25, -0.2) is 9.59 Å². The Hall–Kier alpha value is -6.89. The first kappa shape index (κ1) is 55.0. The first-order chi connectivity index (χ1) is 34.1. The molecule has 1 unspecified atom stereocenters. The number of nitrogens with one attached hydrogen (secondary N) is 4. The number of carbonyl (C=O) groups excluding carboxylic acids is 5. The van der Waals surface area contributed by atoms with Gasteiger partial charge in [-0.3, -0.25) is 19.3 Å². The highest BCUT2D eigenvalue weighted by Crippen LogP contribution is 2.48. The zero-order valence-electron chi connectivity index (χ0n) is 40.3. The van der Waals surface area contributed by atoms with Crippen molar-refractivity contribution in [3.05, 3.63) is 176 Å². The van der Waals surface area contributed by atoms with Crippen LogP contribution in [0.15, 0.2) is 137 Å². The van der Waals surface area contributed by atoms with Crippen molar-refractivity contribution in [2.75, 3.05) is 58.7 Å². The second-order valence-electron chi connectivity index (χ2n) is 17.0. The van der Waals surface area contributed by atoms with Crippen LogP contribution in [0, 0.1) is 6.92 Å². The highest BCUT2D eigenvalue weighted by atomic mass is 79.9. The molecule has 5 rings (SSSR count). The average molecular weight is 1050 g/mol. The monoisotopic (exact) mass is 1050 g/mol. The third-order valence-electron chi connectivity index (χ3n) is 10.6. The topological polar surface area (TPSA) is 222 Å². The van der Waals surface area contributed by atoms with Gasteiger partial charge in [-0.15, -0.1) is 11.8 Å². The van der Waals surface area contributed by atoms with Gasteiger partial charge in [-0.05, 0) is 78.0 Å². The van der Waals surface area contributed by atoms with E-state index in [9.17, 15) is 29.5 Å². The van der Waals surface area contributed by atoms with Crippen molar-refractivity contribution in [1.82, 2.24) is 26.2 Å². The lowest BCUT2D eigenvalue weighted by atomic mass is 9.84. The number of azide groups is 1. The molecule has 374 valence electrons. The number of rotatable bonds is 24. The number of alkyl carbamates (subject to hydrolysis) is 1. The molecule has 0 aliphatic carbocycles. The minimum Gasteiger partial charge on any atom is -0.444 e. The molecule has 0 aliphatic rings. The molecule has 0 aliphatic heterocycles. The number of thioether (sulfide) groups is 1. The number of halogens is 1. The van der Waals surface area contributed by atoms with Gasteiger partial charge in [0.2, 0.25) is 11.8 Å². The van der Waals surface area contributed by atoms with E-state index in [0.717, 1.165) is 22.3 Å². The Morgan fingerprint density at radius 3 is 1.85 bits per heavy atom. The number of methoxy groups -OCH3 is 1. The van der Waals surface area contributed by atoms with Crippen LogP contribution in [0.2, 0.25) is 0 Å². The van der Waals surface area contributed by atoms with Gasteiger partial charge >= 0.3 is 12.2 Å². The van der Waals surface area contributed by atoms with Crippen molar-refractivity contribution in [2.24, 2.45) is 5.11 Å². The molecule has 0 radical (unpaired) electrons. The summed E-state index contributed by atoms with van der Waals surface area (Å²) < 4.78 is 20.6. The quantitative estimate of drug-likeness (QED) is 0.0114. The molecule has 0 saturated heterocycles. The second kappa shape index (κ2) is 27.5. The molecule has 0 aromatic heterocycles. The molecule has 0 saturated carbocycles. The van der Waals surface area contributed by atoms with Crippen molar-refractivity contribution < 1.29 is 42.9 Å². The van der Waals surface area contributed by atoms with E-state index in [1.165, 1.54) is 31.0 Å². The summed E-state index contributed by atoms with van der Waals surface area (Å²) in [6.45, 7) is 7.95. The smallest absolute Gasteiger partial charge is 0.444 e. The lowest BCUT2D eigenvalue weighted by molar-refractivity contribution is -0.124. The highest BCUT2D eigenvalue weighted by Gasteiger charge is 2.39. The first-order valence-corrected chi connectivity index (χ1v) is 24.5. The second-order valence-corrected chi connectivity index (χ2v) is 19.1. The van der Waals surface area contributed by atoms with Crippen LogP contribution in [0.5, 0.6) is 5.75 Å². The van der Waals surface area contributed by atoms with E-state index >= 15 is 0 Å². The number of ether oxygens (including phenoxy) is 4. The van der Waals surface area contributed by atoms with E-state index in [4.69, 9.17) is 18.9 Å². The van der Waals surface area contributed by atoms with Gasteiger partial charge in [0.05, 0.1) is 16.0 Å². The van der Waals surface area contributed by atoms with Crippen LogP contribution < -0.4 is 26.0 Å². The van der Waals surface area contributed by atoms with E-state index in [2.05, 4.69) is 83.6 Å². The largest absolute Gasteiger partial charge is 0.514 e. The fourth-order valence-electron chi connectivity index (χ4n) is 7.32. The molecule has 0 bridgehead atoms. The van der Waals surface area contributed by atoms with Gasteiger partial charge in [-0.1, -0.05) is 126 Å². The maximum Gasteiger partial charge on any atom is 0.514 e. The van der Waals surface area contributed by atoms with Gasteiger partial charge in [0, 0.05) is 67.1 Å². The van der Waals surface area contributed by atoms with Crippen LogP contribution in [0.4, 0.5) is 15.3 Å². The molecule has 0 spiro atoms. The van der Waals surface area contributed by atoms with Crippen molar-refractivity contribution in [1.29, 1.82) is 0 Å². The molecule has 71 heavy (non-hydrogen) atoms. The van der Waals surface area contributed by atoms with Crippen LogP contribution in [0.25, 0.3) is 10.4 Å². The lowest BCUT2D eigenvalue weighted by Gasteiger charge is -2.36. The minimum absolute atomic E-state index is 0.0703. The molecule has 0 heterocycles. The third kappa shape index (κ3) is 16.9. The SMILES string of the molecule is COCC(=O)NCCN(CCNC(=O)c1c(COC(=O)Oc2ccc(C)cc2)ccc(N=[N+]=[N-])c1Br)CCNC(=O)C(CSC(c1ccccc1)(c1ccccc1)c1ccccc1)NC(=O)OC(C)(C)C. The van der Waals surface area contributed by atoms with Crippen LogP contribution in [-0.2, 0) is 35.2 Å². The molecular formula is C52H59BrN8O9S. The van der Waals surface area contributed by atoms with E-state index < -0.39 is 40.5 Å². The summed E-state index contributed by atoms with van der Waals surface area (Å²) in [4.78, 5) is 71.2. The van der Waals surface area contributed by atoms with E-state index in [-0.39, 0.29) is 79.1 Å². The lowest BCUT2D eigenvalue weighted by Crippen LogP contribution is -2.51. The van der Waals surface area contributed by atoms with Crippen LogP contribution in [0.1, 0.15) is 58.9 Å². The van der Waals surface area contributed by atoms with Crippen molar-refractivity contribution in [2.45, 2.75) is 50.7 Å². The van der Waals surface area contributed by atoms with E-state index in [1.807, 2.05) is 66.4 Å². The third-order valence-corrected chi connectivity index (χ3v) is 13.1. The Labute approximate surface area is 426 Å². The molecular weight excluding hydrogens is 993 g/mol. The number of aryl methyl sites for hydroxylation is 1. The van der Waals surface area contributed by atoms with Crippen molar-refractivity contribution in [3.8, 4) is 5.75 Å². The van der Waals surface area contributed by atoms with Gasteiger partial charge in [0.15, 0.2) is 0 Å². The predicted octanol–water partition coefficient (Wildman–Crippen LogP) is 8.94. The predicted molar refractivity (Wildman–Crippen MR) is 276 cm³/mol. The van der Waals surface area contributed by atoms with Crippen LogP contribution >= 0.6 is 27.7 Å². The number of nitrogens with zero attached hydrogens (tertiary/aromatic N) is 4. The van der Waals surface area contributed by atoms with Crippen molar-refractivity contribution in [3.63, 3.8) is 0 Å². The van der Waals surface area contributed by atoms with Crippen LogP contribution in [0.3, 0.4) is 0 Å². The summed E-state index contributed by atoms with van der Waals surface area (Å²) in [5.74, 6) is -0.907. The van der Waals surface area contributed by atoms with Crippen LogP contribution in [-0.4, -0.2) is 105 Å². The zero-order valence-corrected chi connectivity index (χ0v) is 42.7. The number of benzene rings is 5. The number of hydrogen-bond donors (Lipinski definition) is 4. The maximum absolute atomic E-state index is 14.3. The number of carbonyl (C=O) groups is 5. The summed E-state index contributed by atoms with van der Waals surface area (Å²) in [5, 5.41) is 15.2. The first-order valence-electron chi connectivity index (χ1n) is 22.7. The molecule has 5 aromatic carbocycles. The summed E-state index contributed by atoms with van der Waals surface area (Å²) in [7, 11) is 1.42. The Balaban J connectivity index is 1.32. The molecule has 0 fully saturated rings. The van der Waals surface area contributed by atoms with Gasteiger partial charge in [0.25, 0.3) is 5.91 Å². The molecule has 17 nitrogen and oxygen atoms in total. The fraction of sp³-hybridized carbons (Fsp3) is 0.327. The fourth-order valence-corrected chi connectivity index (χ4v) is 9.53. The van der Waals surface area contributed by atoms with Crippen molar-refractivity contribution >= 4 is 63.3 Å². The van der Waals surface area contributed by atoms with E-state index in [1.54, 1.807) is 45.0 Å². The summed E-state index contributed by atoms with van der Waals surface area (Å²) in [5.41, 5.74) is 12.8. The average Bonchev–Trinajstić information content (AvgIpc) is 3.35. The Morgan fingerprint density at radius 1 is 0.761 bits per heavy atom. The minimum atomic E-state index is -1.05. The highest BCUT2D eigenvalue weighted by molar-refractivity contribution is 9.10. The van der Waals surface area contributed by atoms with Gasteiger partial charge < -0.3 is 40.2 Å². The zero-order chi connectivity index (χ0) is 51.2. The normalized spacial score (nSPS) is 11.6. The standard InChI is InChI=1S/C52H59BrN8O9S/c1-36-21-24-41(25-22-36)69-50(66)68-33-37-23-26-42(59-60-54)46(53)45(37)48(64)57-29-32-61(30-27-55-44(62)34-67-5)31-28-56-47(63)43(58-49(65)70-51(2,3)4)35-71-52(38-15-9-6-10-16-38,39-17-11-7-12-18-39)40-19-13-8-14-20-40/h6-26,43H,27-35H2,1-5H3,(H,55,62)(H,56,63)(H,57,64)(H,58,65). The molecule has 19 heteroatoms. The molecule has 5 aromatic rings. The Morgan fingerprint density at radius 2 is 1.31 bits per heavy atom. The Kier molecular flexibility index (Phi) is 21.3. The summed E-state index contributed by atoms with van der Waals surface area (Å²) in [6.07, 6.45) is -1.73. The molecule has 1 atom stereocenters. The number of hydrogen-bond acceptors (Lipinski definition) is 12.